The van der Waals surface area contributed by atoms with Gasteiger partial charge in [-0.1, -0.05) is 0 Å². The lowest BCUT2D eigenvalue weighted by molar-refractivity contribution is 0.103. The number of aromatic nitrogens is 1. The van der Waals surface area contributed by atoms with Crippen LogP contribution >= 0.6 is 0 Å². The maximum Gasteiger partial charge on any atom is 0.194 e. The van der Waals surface area contributed by atoms with Gasteiger partial charge in [-0.05, 0) is 49.7 Å². The summed E-state index contributed by atoms with van der Waals surface area (Å²) >= 11 is 0. The fourth-order valence-corrected chi connectivity index (χ4v) is 1.67. The van der Waals surface area contributed by atoms with Gasteiger partial charge in [0.15, 0.2) is 5.78 Å². The first-order valence-electron chi connectivity index (χ1n) is 5.32. The molecule has 0 fully saturated rings. The fourth-order valence-electron chi connectivity index (χ4n) is 1.67. The van der Waals surface area contributed by atoms with Crippen LogP contribution in [0.1, 0.15) is 27.2 Å². The topological polar surface area (TPSA) is 30.0 Å². The number of hydrogen-bond acceptors (Lipinski definition) is 2. The standard InChI is InChI=1S/C14H12FNO/c1-9-8-11(5-6-13(9)15)14(17)12-4-3-7-16-10(12)2/h3-8H,1-2H3. The summed E-state index contributed by atoms with van der Waals surface area (Å²) in [7, 11) is 0. The number of nitrogens with zero attached hydrogens (tertiary/aromatic N) is 1. The molecule has 1 aromatic carbocycles. The van der Waals surface area contributed by atoms with Crippen molar-refractivity contribution in [3.8, 4) is 0 Å². The zero-order valence-electron chi connectivity index (χ0n) is 9.70. The van der Waals surface area contributed by atoms with Crippen LogP contribution in [0, 0.1) is 19.7 Å². The Hall–Kier alpha value is -2.03. The minimum atomic E-state index is -0.301. The van der Waals surface area contributed by atoms with E-state index in [-0.39, 0.29) is 11.6 Å². The van der Waals surface area contributed by atoms with Gasteiger partial charge in [-0.25, -0.2) is 4.39 Å². The van der Waals surface area contributed by atoms with Crippen molar-refractivity contribution < 1.29 is 9.18 Å². The van der Waals surface area contributed by atoms with E-state index in [4.69, 9.17) is 0 Å². The number of rotatable bonds is 2. The molecule has 1 heterocycles. The normalized spacial score (nSPS) is 10.3. The summed E-state index contributed by atoms with van der Waals surface area (Å²) in [5, 5.41) is 0. The molecule has 0 aliphatic heterocycles. The van der Waals surface area contributed by atoms with E-state index in [1.165, 1.54) is 12.1 Å². The first kappa shape index (κ1) is 11.5. The molecule has 3 heteroatoms. The third kappa shape index (κ3) is 2.23. The Labute approximate surface area is 99.1 Å². The Balaban J connectivity index is 2.44. The number of ketones is 1. The highest BCUT2D eigenvalue weighted by Gasteiger charge is 2.12. The summed E-state index contributed by atoms with van der Waals surface area (Å²) < 4.78 is 13.1. The second kappa shape index (κ2) is 4.45. The quantitative estimate of drug-likeness (QED) is 0.741. The Morgan fingerprint density at radius 2 is 2.00 bits per heavy atom. The molecule has 0 spiro atoms. The van der Waals surface area contributed by atoms with Gasteiger partial charge in [-0.2, -0.15) is 0 Å². The second-order valence-corrected chi connectivity index (χ2v) is 3.93. The maximum atomic E-state index is 13.1. The fraction of sp³-hybridized carbons (Fsp3) is 0.143. The van der Waals surface area contributed by atoms with Gasteiger partial charge in [-0.3, -0.25) is 9.78 Å². The van der Waals surface area contributed by atoms with E-state index in [0.29, 0.717) is 22.4 Å². The van der Waals surface area contributed by atoms with Gasteiger partial charge in [-0.15, -0.1) is 0 Å². The number of carbonyl (C=O) groups is 1. The van der Waals surface area contributed by atoms with Crippen LogP contribution in [0.2, 0.25) is 0 Å². The van der Waals surface area contributed by atoms with Crippen molar-refractivity contribution in [2.45, 2.75) is 13.8 Å². The number of pyridine rings is 1. The minimum Gasteiger partial charge on any atom is -0.289 e. The smallest absolute Gasteiger partial charge is 0.194 e. The summed E-state index contributed by atoms with van der Waals surface area (Å²) in [6, 6.07) is 7.81. The minimum absolute atomic E-state index is 0.126. The highest BCUT2D eigenvalue weighted by Crippen LogP contribution is 2.15. The lowest BCUT2D eigenvalue weighted by atomic mass is 10.0. The van der Waals surface area contributed by atoms with Crippen LogP contribution < -0.4 is 0 Å². The number of hydrogen-bond donors (Lipinski definition) is 0. The molecule has 0 saturated heterocycles. The van der Waals surface area contributed by atoms with Crippen molar-refractivity contribution >= 4 is 5.78 Å². The molecular formula is C14H12FNO. The van der Waals surface area contributed by atoms with Crippen LogP contribution in [-0.2, 0) is 0 Å². The monoisotopic (exact) mass is 229 g/mol. The zero-order chi connectivity index (χ0) is 12.4. The average molecular weight is 229 g/mol. The Morgan fingerprint density at radius 1 is 1.24 bits per heavy atom. The molecule has 0 N–H and O–H groups in total. The van der Waals surface area contributed by atoms with E-state index < -0.39 is 0 Å². The van der Waals surface area contributed by atoms with Crippen molar-refractivity contribution in [2.24, 2.45) is 0 Å². The number of aryl methyl sites for hydroxylation is 2. The molecule has 0 unspecified atom stereocenters. The Kier molecular flexibility index (Phi) is 3.00. The first-order valence-corrected chi connectivity index (χ1v) is 5.32. The van der Waals surface area contributed by atoms with E-state index in [2.05, 4.69) is 4.98 Å². The second-order valence-electron chi connectivity index (χ2n) is 3.93. The molecule has 0 aliphatic rings. The van der Waals surface area contributed by atoms with E-state index in [9.17, 15) is 9.18 Å². The average Bonchev–Trinajstić information content (AvgIpc) is 2.32. The number of benzene rings is 1. The van der Waals surface area contributed by atoms with Gasteiger partial charge < -0.3 is 0 Å². The van der Waals surface area contributed by atoms with Crippen LogP contribution in [0.15, 0.2) is 36.5 Å². The van der Waals surface area contributed by atoms with Gasteiger partial charge in [0.25, 0.3) is 0 Å². The molecular weight excluding hydrogens is 217 g/mol. The summed E-state index contributed by atoms with van der Waals surface area (Å²) in [4.78, 5) is 16.2. The molecule has 86 valence electrons. The molecule has 0 bridgehead atoms. The van der Waals surface area contributed by atoms with Gasteiger partial charge in [0, 0.05) is 23.0 Å². The summed E-state index contributed by atoms with van der Waals surface area (Å²) in [5.74, 6) is -0.428. The molecule has 2 rings (SSSR count). The number of halogens is 1. The van der Waals surface area contributed by atoms with Crippen LogP contribution in [0.4, 0.5) is 4.39 Å². The van der Waals surface area contributed by atoms with Crippen molar-refractivity contribution in [2.75, 3.05) is 0 Å². The molecule has 17 heavy (non-hydrogen) atoms. The third-order valence-electron chi connectivity index (χ3n) is 2.67. The molecule has 0 atom stereocenters. The van der Waals surface area contributed by atoms with Crippen molar-refractivity contribution in [1.82, 2.24) is 4.98 Å². The molecule has 0 amide bonds. The molecule has 1 aromatic heterocycles. The molecule has 0 radical (unpaired) electrons. The third-order valence-corrected chi connectivity index (χ3v) is 2.67. The first-order chi connectivity index (χ1) is 8.09. The highest BCUT2D eigenvalue weighted by atomic mass is 19.1. The van der Waals surface area contributed by atoms with Crippen molar-refractivity contribution in [1.29, 1.82) is 0 Å². The molecule has 0 saturated carbocycles. The number of carbonyl (C=O) groups excluding carboxylic acids is 1. The van der Waals surface area contributed by atoms with E-state index in [1.54, 1.807) is 38.2 Å². The predicted octanol–water partition coefficient (Wildman–Crippen LogP) is 3.07. The summed E-state index contributed by atoms with van der Waals surface area (Å²) in [6.45, 7) is 3.42. The van der Waals surface area contributed by atoms with E-state index >= 15 is 0 Å². The molecule has 2 aromatic rings. The molecule has 2 nitrogen and oxygen atoms in total. The zero-order valence-corrected chi connectivity index (χ0v) is 9.70. The van der Waals surface area contributed by atoms with Crippen LogP contribution in [0.25, 0.3) is 0 Å². The van der Waals surface area contributed by atoms with Crippen LogP contribution in [0.3, 0.4) is 0 Å². The van der Waals surface area contributed by atoms with Gasteiger partial charge in [0.2, 0.25) is 0 Å². The Bertz CT molecular complexity index is 578. The Morgan fingerprint density at radius 3 is 2.65 bits per heavy atom. The van der Waals surface area contributed by atoms with Gasteiger partial charge in [0.05, 0.1) is 0 Å². The molecule has 0 aliphatic carbocycles. The summed E-state index contributed by atoms with van der Waals surface area (Å²) in [6.07, 6.45) is 1.64. The highest BCUT2D eigenvalue weighted by molar-refractivity contribution is 6.09. The van der Waals surface area contributed by atoms with Gasteiger partial charge >= 0.3 is 0 Å². The van der Waals surface area contributed by atoms with Crippen molar-refractivity contribution in [3.05, 3.63) is 64.7 Å². The maximum absolute atomic E-state index is 13.1. The SMILES string of the molecule is Cc1cc(C(=O)c2cccnc2C)ccc1F. The lowest BCUT2D eigenvalue weighted by Crippen LogP contribution is -2.05. The van der Waals surface area contributed by atoms with Gasteiger partial charge in [0.1, 0.15) is 5.82 Å². The van der Waals surface area contributed by atoms with Crippen LogP contribution in [0.5, 0.6) is 0 Å². The van der Waals surface area contributed by atoms with Crippen molar-refractivity contribution in [3.63, 3.8) is 0 Å². The van der Waals surface area contributed by atoms with Crippen LogP contribution in [-0.4, -0.2) is 10.8 Å². The summed E-state index contributed by atoms with van der Waals surface area (Å²) in [5.41, 5.74) is 2.19. The van der Waals surface area contributed by atoms with E-state index in [0.717, 1.165) is 0 Å². The predicted molar refractivity (Wildman–Crippen MR) is 63.5 cm³/mol. The lowest BCUT2D eigenvalue weighted by Gasteiger charge is -2.05. The van der Waals surface area contributed by atoms with E-state index in [1.807, 2.05) is 0 Å². The largest absolute Gasteiger partial charge is 0.289 e.